The molecule has 11 heteroatoms. The average Bonchev–Trinajstić information content (AvgIpc) is 2.96. The van der Waals surface area contributed by atoms with Crippen molar-refractivity contribution in [3.63, 3.8) is 0 Å². The normalized spacial score (nSPS) is 11.5. The Morgan fingerprint density at radius 1 is 0.949 bits per heavy atom. The van der Waals surface area contributed by atoms with Crippen molar-refractivity contribution in [1.29, 1.82) is 0 Å². The number of allylic oxidation sites excluding steroid dienone is 3. The number of ketones is 1. The predicted molar refractivity (Wildman–Crippen MR) is 147 cm³/mol. The Labute approximate surface area is 226 Å². The second-order valence-electron chi connectivity index (χ2n) is 7.69. The molecule has 0 heterocycles. The van der Waals surface area contributed by atoms with Crippen LogP contribution in [0.5, 0.6) is 23.0 Å². The summed E-state index contributed by atoms with van der Waals surface area (Å²) in [6.45, 7) is 3.52. The van der Waals surface area contributed by atoms with Crippen molar-refractivity contribution >= 4 is 17.9 Å². The van der Waals surface area contributed by atoms with Crippen LogP contribution in [0.1, 0.15) is 17.5 Å². The molecule has 0 amide bonds. The van der Waals surface area contributed by atoms with Gasteiger partial charge in [0.05, 0.1) is 27.1 Å². The molecule has 0 aromatic heterocycles. The van der Waals surface area contributed by atoms with E-state index in [0.29, 0.717) is 34.1 Å². The molecular formula is C28H31N3O8. The summed E-state index contributed by atoms with van der Waals surface area (Å²) in [6, 6.07) is 10.2. The summed E-state index contributed by atoms with van der Waals surface area (Å²) in [5.41, 5.74) is 9.83. The van der Waals surface area contributed by atoms with Crippen LogP contribution < -0.4 is 18.9 Å². The molecule has 0 aliphatic carbocycles. The number of benzene rings is 2. The highest BCUT2D eigenvalue weighted by Gasteiger charge is 2.15. The van der Waals surface area contributed by atoms with Crippen LogP contribution in [0.4, 0.5) is 0 Å². The minimum atomic E-state index is -0.456. The first-order valence-electron chi connectivity index (χ1n) is 11.5. The number of carbonyl (C=O) groups excluding carboxylic acids is 1. The van der Waals surface area contributed by atoms with E-state index in [9.17, 15) is 9.90 Å². The largest absolute Gasteiger partial charge is 0.508 e. The van der Waals surface area contributed by atoms with Crippen LogP contribution in [0.3, 0.4) is 0 Å². The van der Waals surface area contributed by atoms with Gasteiger partial charge in [0.15, 0.2) is 42.3 Å². The highest BCUT2D eigenvalue weighted by molar-refractivity contribution is 6.07. The van der Waals surface area contributed by atoms with Gasteiger partial charge in [-0.1, -0.05) is 36.0 Å². The van der Waals surface area contributed by atoms with E-state index >= 15 is 0 Å². The van der Waals surface area contributed by atoms with Crippen LogP contribution in [-0.4, -0.2) is 52.9 Å². The number of aliphatic hydroxyl groups is 1. The predicted octanol–water partition coefficient (Wildman–Crippen LogP) is 5.99. The Morgan fingerprint density at radius 3 is 2.13 bits per heavy atom. The lowest BCUT2D eigenvalue weighted by Gasteiger charge is -2.11. The van der Waals surface area contributed by atoms with Gasteiger partial charge in [-0.3, -0.25) is 4.79 Å². The number of rotatable bonds is 16. The fourth-order valence-electron chi connectivity index (χ4n) is 3.23. The zero-order valence-electron chi connectivity index (χ0n) is 22.2. The van der Waals surface area contributed by atoms with Gasteiger partial charge in [-0.25, -0.2) is 0 Å². The lowest BCUT2D eigenvalue weighted by molar-refractivity contribution is -0.111. The summed E-state index contributed by atoms with van der Waals surface area (Å²) in [5, 5.41) is 14.2. The molecular weight excluding hydrogens is 506 g/mol. The molecule has 206 valence electrons. The minimum absolute atomic E-state index is 0.0527. The van der Waals surface area contributed by atoms with Crippen molar-refractivity contribution in [2.24, 2.45) is 5.11 Å². The number of methoxy groups -OCH3 is 4. The number of hydrogen-bond acceptors (Lipinski definition) is 9. The maximum Gasteiger partial charge on any atom is 0.188 e. The van der Waals surface area contributed by atoms with E-state index in [-0.39, 0.29) is 37.0 Å². The van der Waals surface area contributed by atoms with Gasteiger partial charge in [0, 0.05) is 24.0 Å². The van der Waals surface area contributed by atoms with Gasteiger partial charge in [0.2, 0.25) is 0 Å². The van der Waals surface area contributed by atoms with Crippen molar-refractivity contribution in [3.8, 4) is 23.0 Å². The van der Waals surface area contributed by atoms with Gasteiger partial charge in [-0.05, 0) is 53.1 Å². The van der Waals surface area contributed by atoms with Crippen LogP contribution in [0.15, 0.2) is 77.3 Å². The van der Waals surface area contributed by atoms with E-state index < -0.39 is 5.78 Å². The van der Waals surface area contributed by atoms with Gasteiger partial charge >= 0.3 is 0 Å². The fourth-order valence-corrected chi connectivity index (χ4v) is 3.23. The molecule has 2 rings (SSSR count). The molecule has 0 fully saturated rings. The number of aliphatic hydroxyl groups excluding tert-OH is 1. The smallest absolute Gasteiger partial charge is 0.188 e. The molecule has 0 saturated heterocycles. The molecule has 2 aromatic rings. The Kier molecular flexibility index (Phi) is 12.5. The first-order chi connectivity index (χ1) is 18.9. The maximum atomic E-state index is 13.1. The minimum Gasteiger partial charge on any atom is -0.508 e. The highest BCUT2D eigenvalue weighted by atomic mass is 16.7. The molecule has 0 aliphatic rings. The molecule has 11 nitrogen and oxygen atoms in total. The van der Waals surface area contributed by atoms with Crippen molar-refractivity contribution in [3.05, 3.63) is 93.8 Å². The molecule has 0 saturated carbocycles. The third kappa shape index (κ3) is 9.51. The summed E-state index contributed by atoms with van der Waals surface area (Å²) in [5.74, 6) is 1.33. The second-order valence-corrected chi connectivity index (χ2v) is 7.69. The summed E-state index contributed by atoms with van der Waals surface area (Å²) >= 11 is 0. The second kappa shape index (κ2) is 16.1. The summed E-state index contributed by atoms with van der Waals surface area (Å²) in [4.78, 5) is 15.8. The van der Waals surface area contributed by atoms with Gasteiger partial charge < -0.3 is 33.5 Å². The van der Waals surface area contributed by atoms with Crippen molar-refractivity contribution in [2.45, 2.75) is 6.42 Å². The quantitative estimate of drug-likeness (QED) is 0.0523. The topological polar surface area (TPSA) is 141 Å². The fraction of sp³-hybridized carbons (Fsp3) is 0.250. The number of azide groups is 1. The number of ether oxygens (including phenoxy) is 6. The van der Waals surface area contributed by atoms with Crippen LogP contribution in [0, 0.1) is 0 Å². The molecule has 0 unspecified atom stereocenters. The maximum absolute atomic E-state index is 13.1. The van der Waals surface area contributed by atoms with Crippen molar-refractivity contribution in [1.82, 2.24) is 0 Å². The zero-order valence-corrected chi connectivity index (χ0v) is 22.2. The lowest BCUT2D eigenvalue weighted by atomic mass is 10.0. The molecule has 0 aliphatic heterocycles. The average molecular weight is 538 g/mol. The summed E-state index contributed by atoms with van der Waals surface area (Å²) < 4.78 is 31.4. The van der Waals surface area contributed by atoms with Gasteiger partial charge in [0.1, 0.15) is 5.76 Å². The van der Waals surface area contributed by atoms with E-state index in [1.54, 1.807) is 48.6 Å². The molecule has 0 radical (unpaired) electrons. The first-order valence-corrected chi connectivity index (χ1v) is 11.5. The number of nitrogens with zero attached hydrogens (tertiary/aromatic N) is 3. The Morgan fingerprint density at radius 2 is 1.54 bits per heavy atom. The Hall–Kier alpha value is -4.86. The summed E-state index contributed by atoms with van der Waals surface area (Å²) in [7, 11) is 5.99. The molecule has 1 N–H and O–H groups in total. The number of carbonyl (C=O) groups is 1. The van der Waals surface area contributed by atoms with E-state index in [0.717, 1.165) is 0 Å². The molecule has 0 bridgehead atoms. The van der Waals surface area contributed by atoms with Crippen LogP contribution in [0.2, 0.25) is 0 Å². The van der Waals surface area contributed by atoms with Gasteiger partial charge in [-0.2, -0.15) is 0 Å². The molecule has 0 atom stereocenters. The Balaban J connectivity index is 2.37. The Bertz CT molecular complexity index is 1290. The SMILES string of the molecule is C=C(CC(C(=O)/C=C/c1ccc(OC)c(OC)c1)=C(O)/C=C/c1ccc(OC)c(OCN=[N+]=[N-])c1)OCOC. The van der Waals surface area contributed by atoms with Crippen LogP contribution in [-0.2, 0) is 14.3 Å². The van der Waals surface area contributed by atoms with Crippen LogP contribution in [0.25, 0.3) is 22.6 Å². The van der Waals surface area contributed by atoms with Gasteiger partial charge in [-0.15, -0.1) is 0 Å². The molecule has 0 spiro atoms. The third-order valence-electron chi connectivity index (χ3n) is 5.16. The van der Waals surface area contributed by atoms with E-state index in [1.807, 2.05) is 0 Å². The van der Waals surface area contributed by atoms with Crippen LogP contribution >= 0.6 is 0 Å². The monoisotopic (exact) mass is 537 g/mol. The van der Waals surface area contributed by atoms with E-state index in [4.69, 9.17) is 34.0 Å². The van der Waals surface area contributed by atoms with E-state index in [1.165, 1.54) is 40.6 Å². The zero-order chi connectivity index (χ0) is 28.6. The standard InChI is InChI=1S/C28H31N3O8/c1-19(39-18-34-2)14-22(23(32)10-6-20-8-12-25(35-3)27(15-20)37-5)24(33)11-7-21-9-13-26(36-4)28(16-21)38-17-30-31-29/h6-13,15-16,33H,1,14,17-18H2,2-5H3/b10-6+,11-7+,24-22?. The van der Waals surface area contributed by atoms with Crippen molar-refractivity contribution < 1.29 is 38.3 Å². The van der Waals surface area contributed by atoms with Crippen molar-refractivity contribution in [2.75, 3.05) is 42.0 Å². The lowest BCUT2D eigenvalue weighted by Crippen LogP contribution is -2.06. The highest BCUT2D eigenvalue weighted by Crippen LogP contribution is 2.30. The van der Waals surface area contributed by atoms with Gasteiger partial charge in [0.25, 0.3) is 0 Å². The first kappa shape index (κ1) is 30.4. The third-order valence-corrected chi connectivity index (χ3v) is 5.16. The molecule has 39 heavy (non-hydrogen) atoms. The number of hydrogen-bond donors (Lipinski definition) is 1. The van der Waals surface area contributed by atoms with E-state index in [2.05, 4.69) is 16.6 Å². The molecule has 2 aromatic carbocycles. The summed E-state index contributed by atoms with van der Waals surface area (Å²) in [6.07, 6.45) is 5.83.